The number of carbonyl (C=O) groups excluding carboxylic acids is 1. The van der Waals surface area contributed by atoms with Crippen molar-refractivity contribution in [1.29, 1.82) is 0 Å². The normalized spacial score (nSPS) is 8.14. The minimum absolute atomic E-state index is 0. The van der Waals surface area contributed by atoms with Gasteiger partial charge in [-0.05, 0) is 13.0 Å². The summed E-state index contributed by atoms with van der Waals surface area (Å²) in [5, 5.41) is 9.40. The molecule has 0 radical (unpaired) electrons. The molecule has 0 saturated carbocycles. The van der Waals surface area contributed by atoms with Crippen LogP contribution in [0, 0.1) is 0 Å². The second kappa shape index (κ2) is 6.13. The molecule has 0 amide bonds. The van der Waals surface area contributed by atoms with E-state index in [9.17, 15) is 9.90 Å². The monoisotopic (exact) mass is 290 g/mol. The SMILES string of the molecule is C/C=C/C(=O)[O-].[Tl+]. The summed E-state index contributed by atoms with van der Waals surface area (Å²) in [6, 6.07) is 0. The molecule has 0 fully saturated rings. The van der Waals surface area contributed by atoms with Crippen molar-refractivity contribution in [2.75, 3.05) is 0 Å². The zero-order valence-electron chi connectivity index (χ0n) is 4.05. The minimum Gasteiger partial charge on any atom is -0.545 e. The molecule has 0 aromatic heterocycles. The number of carboxylic acids is 1. The van der Waals surface area contributed by atoms with Crippen molar-refractivity contribution in [1.82, 2.24) is 0 Å². The van der Waals surface area contributed by atoms with E-state index in [2.05, 4.69) is 0 Å². The molecule has 2 nitrogen and oxygen atoms in total. The van der Waals surface area contributed by atoms with Gasteiger partial charge in [0.1, 0.15) is 0 Å². The smallest absolute Gasteiger partial charge is 0.545 e. The van der Waals surface area contributed by atoms with E-state index < -0.39 is 5.97 Å². The predicted molar refractivity (Wildman–Crippen MR) is 25.6 cm³/mol. The van der Waals surface area contributed by atoms with Crippen LogP contribution in [0.2, 0.25) is 0 Å². The third kappa shape index (κ3) is 10.7. The number of hydrogen-bond acceptors (Lipinski definition) is 2. The van der Waals surface area contributed by atoms with Crippen LogP contribution in [0.4, 0.5) is 0 Å². The molecule has 0 rings (SSSR count). The average Bonchev–Trinajstić information content (AvgIpc) is 1.35. The Kier molecular flexibility index (Phi) is 8.92. The molecule has 0 atom stereocenters. The summed E-state index contributed by atoms with van der Waals surface area (Å²) in [6.45, 7) is 1.62. The van der Waals surface area contributed by atoms with Gasteiger partial charge in [-0.2, -0.15) is 0 Å². The van der Waals surface area contributed by atoms with E-state index in [0.29, 0.717) is 0 Å². The largest absolute Gasteiger partial charge is 1.00 e. The van der Waals surface area contributed by atoms with Crippen molar-refractivity contribution in [3.8, 4) is 0 Å². The molecule has 0 saturated heterocycles. The van der Waals surface area contributed by atoms with Crippen molar-refractivity contribution in [3.05, 3.63) is 12.2 Å². The Labute approximate surface area is 62.4 Å². The van der Waals surface area contributed by atoms with Crippen molar-refractivity contribution in [3.63, 3.8) is 0 Å². The molecule has 0 spiro atoms. The van der Waals surface area contributed by atoms with Crippen LogP contribution in [-0.4, -0.2) is 33.3 Å². The fourth-order valence-electron chi connectivity index (χ4n) is 0.136. The summed E-state index contributed by atoms with van der Waals surface area (Å²) in [6.07, 6.45) is 2.38. The second-order valence-electron chi connectivity index (χ2n) is 0.819. The molecule has 3 heteroatoms. The fourth-order valence-corrected chi connectivity index (χ4v) is 0.136. The third-order valence-electron chi connectivity index (χ3n) is 0.303. The van der Waals surface area contributed by atoms with Gasteiger partial charge >= 0.3 is 27.3 Å². The average molecular weight is 289 g/mol. The van der Waals surface area contributed by atoms with Crippen LogP contribution < -0.4 is 5.11 Å². The number of carboxylic acid groups (broad SMARTS) is 1. The van der Waals surface area contributed by atoms with E-state index in [0.717, 1.165) is 6.08 Å². The van der Waals surface area contributed by atoms with Crippen molar-refractivity contribution < 1.29 is 9.90 Å². The van der Waals surface area contributed by atoms with E-state index in [4.69, 9.17) is 0 Å². The standard InChI is InChI=1S/C4H6O2.Tl/c1-2-3-4(5)6;/h2-3H,1H3,(H,5,6);/q;+1/p-1/b3-2+;. The van der Waals surface area contributed by atoms with E-state index in [1.54, 1.807) is 6.92 Å². The first-order chi connectivity index (χ1) is 2.77. The first-order valence-electron chi connectivity index (χ1n) is 1.61. The Morgan fingerprint density at radius 1 is 1.71 bits per heavy atom. The molecule has 0 unspecified atom stereocenters. The first kappa shape index (κ1) is 10.2. The van der Waals surface area contributed by atoms with Gasteiger partial charge in [0.15, 0.2) is 0 Å². The molecule has 0 bridgehead atoms. The molecular formula is C4H5O2Tl. The maximum Gasteiger partial charge on any atom is 1.00 e. The molecular weight excluding hydrogens is 284 g/mol. The van der Waals surface area contributed by atoms with Gasteiger partial charge in [0.25, 0.3) is 0 Å². The van der Waals surface area contributed by atoms with Gasteiger partial charge in [-0.15, -0.1) is 0 Å². The van der Waals surface area contributed by atoms with Crippen LogP contribution in [-0.2, 0) is 4.79 Å². The Hall–Kier alpha value is 0.132. The summed E-state index contributed by atoms with van der Waals surface area (Å²) >= 11 is 0. The van der Waals surface area contributed by atoms with Crippen molar-refractivity contribution in [2.45, 2.75) is 6.92 Å². The third-order valence-corrected chi connectivity index (χ3v) is 0.303. The molecule has 36 valence electrons. The van der Waals surface area contributed by atoms with Crippen LogP contribution in [0.1, 0.15) is 6.92 Å². The first-order valence-corrected chi connectivity index (χ1v) is 1.61. The zero-order chi connectivity index (χ0) is 4.99. The Morgan fingerprint density at radius 3 is 2.14 bits per heavy atom. The number of hydrogen-bond donors (Lipinski definition) is 0. The summed E-state index contributed by atoms with van der Waals surface area (Å²) in [4.78, 5) is 9.40. The maximum atomic E-state index is 9.40. The molecule has 0 aliphatic carbocycles. The molecule has 7 heavy (non-hydrogen) atoms. The van der Waals surface area contributed by atoms with Gasteiger partial charge in [0, 0.05) is 0 Å². The predicted octanol–water partition coefficient (Wildman–Crippen LogP) is -1.07. The topological polar surface area (TPSA) is 40.1 Å². The van der Waals surface area contributed by atoms with E-state index in [1.807, 2.05) is 0 Å². The Balaban J connectivity index is 0. The van der Waals surface area contributed by atoms with Gasteiger partial charge in [0.05, 0.1) is 5.97 Å². The number of allylic oxidation sites excluding steroid dienone is 1. The Morgan fingerprint density at radius 2 is 2.14 bits per heavy atom. The van der Waals surface area contributed by atoms with Gasteiger partial charge in [-0.3, -0.25) is 0 Å². The maximum absolute atomic E-state index is 9.40. The molecule has 0 N–H and O–H groups in total. The van der Waals surface area contributed by atoms with Crippen LogP contribution >= 0.6 is 0 Å². The minimum atomic E-state index is -1.14. The number of aliphatic carboxylic acids is 1. The van der Waals surface area contributed by atoms with Crippen molar-refractivity contribution in [2.24, 2.45) is 0 Å². The summed E-state index contributed by atoms with van der Waals surface area (Å²) in [5.41, 5.74) is 0. The fraction of sp³-hybridized carbons (Fsp3) is 0.250. The zero-order valence-corrected chi connectivity index (χ0v) is 8.54. The molecule has 0 aliphatic rings. The van der Waals surface area contributed by atoms with Crippen LogP contribution in [0.3, 0.4) is 0 Å². The second-order valence-corrected chi connectivity index (χ2v) is 0.819. The molecule has 0 aromatic rings. The van der Waals surface area contributed by atoms with Crippen LogP contribution in [0.25, 0.3) is 0 Å². The summed E-state index contributed by atoms with van der Waals surface area (Å²) in [7, 11) is 0. The number of carbonyl (C=O) groups is 1. The van der Waals surface area contributed by atoms with Gasteiger partial charge in [-0.1, -0.05) is 6.08 Å². The summed E-state index contributed by atoms with van der Waals surface area (Å²) in [5.74, 6) is -1.14. The van der Waals surface area contributed by atoms with E-state index >= 15 is 0 Å². The van der Waals surface area contributed by atoms with E-state index in [-0.39, 0.29) is 27.3 Å². The van der Waals surface area contributed by atoms with Gasteiger partial charge in [0.2, 0.25) is 0 Å². The van der Waals surface area contributed by atoms with Crippen molar-refractivity contribution >= 4 is 33.3 Å². The quantitative estimate of drug-likeness (QED) is 0.456. The van der Waals surface area contributed by atoms with Crippen LogP contribution in [0.15, 0.2) is 12.2 Å². The van der Waals surface area contributed by atoms with Gasteiger partial charge in [-0.25, -0.2) is 0 Å². The van der Waals surface area contributed by atoms with E-state index in [1.165, 1.54) is 6.08 Å². The molecule has 0 heterocycles. The Bertz CT molecular complexity index is 77.8. The van der Waals surface area contributed by atoms with Crippen LogP contribution in [0.5, 0.6) is 0 Å². The van der Waals surface area contributed by atoms with Gasteiger partial charge < -0.3 is 9.90 Å². The number of rotatable bonds is 1. The molecule has 0 aromatic carbocycles. The molecule has 0 aliphatic heterocycles. The summed E-state index contributed by atoms with van der Waals surface area (Å²) < 4.78 is 0.